The van der Waals surface area contributed by atoms with E-state index in [0.717, 1.165) is 51.4 Å². The van der Waals surface area contributed by atoms with Crippen LogP contribution in [0.2, 0.25) is 0 Å². The fourth-order valence-corrected chi connectivity index (χ4v) is 2.43. The zero-order valence-electron chi connectivity index (χ0n) is 13.3. The van der Waals surface area contributed by atoms with Crippen LogP contribution >= 0.6 is 24.8 Å². The van der Waals surface area contributed by atoms with E-state index in [1.807, 2.05) is 24.4 Å². The highest BCUT2D eigenvalue weighted by molar-refractivity contribution is 5.85. The number of unbranched alkanes of at least 4 members (excludes halogenated alkanes) is 1. The number of hydrogen-bond acceptors (Lipinski definition) is 5. The molecule has 23 heavy (non-hydrogen) atoms. The predicted molar refractivity (Wildman–Crippen MR) is 98.7 cm³/mol. The third kappa shape index (κ3) is 7.83. The lowest BCUT2D eigenvalue weighted by molar-refractivity contribution is -0.122. The molecular formula is C15H27Cl2N5O. The van der Waals surface area contributed by atoms with Gasteiger partial charge in [-0.25, -0.2) is 4.98 Å². The number of carbonyl (C=O) groups is 1. The standard InChI is InChI=1S/C15H25N5O.2ClH/c16-6-2-4-8-18-15(21)13-19-9-11-20(12-10-19)14-5-1-3-7-17-14;;/h1,3,5,7H,2,4,6,8-13,16H2,(H,18,21);2*1H. The quantitative estimate of drug-likeness (QED) is 0.704. The molecular weight excluding hydrogens is 337 g/mol. The Bertz CT molecular complexity index is 427. The maximum atomic E-state index is 11.8. The van der Waals surface area contributed by atoms with Gasteiger partial charge in [0.2, 0.25) is 5.91 Å². The fourth-order valence-electron chi connectivity index (χ4n) is 2.43. The van der Waals surface area contributed by atoms with E-state index in [0.29, 0.717) is 13.1 Å². The molecule has 0 aromatic carbocycles. The van der Waals surface area contributed by atoms with E-state index in [4.69, 9.17) is 5.73 Å². The number of rotatable bonds is 7. The average Bonchev–Trinajstić information content (AvgIpc) is 2.53. The molecule has 1 aliphatic heterocycles. The number of pyridine rings is 1. The normalized spacial score (nSPS) is 14.6. The Morgan fingerprint density at radius 2 is 1.91 bits per heavy atom. The van der Waals surface area contributed by atoms with Gasteiger partial charge in [-0.15, -0.1) is 24.8 Å². The Morgan fingerprint density at radius 3 is 2.52 bits per heavy atom. The van der Waals surface area contributed by atoms with Crippen molar-refractivity contribution >= 4 is 36.5 Å². The Kier molecular flexibility index (Phi) is 11.8. The summed E-state index contributed by atoms with van der Waals surface area (Å²) >= 11 is 0. The van der Waals surface area contributed by atoms with Crippen LogP contribution in [0.3, 0.4) is 0 Å². The molecule has 1 aromatic heterocycles. The van der Waals surface area contributed by atoms with Crippen LogP contribution < -0.4 is 16.0 Å². The number of piperazine rings is 1. The molecule has 3 N–H and O–H groups in total. The molecule has 0 unspecified atom stereocenters. The van der Waals surface area contributed by atoms with Gasteiger partial charge in [-0.1, -0.05) is 6.07 Å². The first-order valence-corrected chi connectivity index (χ1v) is 7.64. The second-order valence-electron chi connectivity index (χ2n) is 5.30. The van der Waals surface area contributed by atoms with E-state index in [-0.39, 0.29) is 30.7 Å². The van der Waals surface area contributed by atoms with Crippen LogP contribution in [0.4, 0.5) is 5.82 Å². The number of amides is 1. The van der Waals surface area contributed by atoms with E-state index < -0.39 is 0 Å². The first-order valence-electron chi connectivity index (χ1n) is 7.64. The van der Waals surface area contributed by atoms with E-state index in [2.05, 4.69) is 20.1 Å². The molecule has 6 nitrogen and oxygen atoms in total. The number of nitrogens with one attached hydrogen (secondary N) is 1. The molecule has 1 fully saturated rings. The molecule has 132 valence electrons. The molecule has 1 aliphatic rings. The summed E-state index contributed by atoms with van der Waals surface area (Å²) in [6.45, 7) is 5.52. The molecule has 8 heteroatoms. The minimum absolute atomic E-state index is 0. The molecule has 0 spiro atoms. The zero-order valence-corrected chi connectivity index (χ0v) is 15.0. The molecule has 0 saturated carbocycles. The first kappa shape index (κ1) is 21.9. The Morgan fingerprint density at radius 1 is 1.17 bits per heavy atom. The van der Waals surface area contributed by atoms with Gasteiger partial charge in [0.1, 0.15) is 5.82 Å². The van der Waals surface area contributed by atoms with Crippen molar-refractivity contribution in [1.29, 1.82) is 0 Å². The molecule has 1 saturated heterocycles. The van der Waals surface area contributed by atoms with Gasteiger partial charge in [0.05, 0.1) is 6.54 Å². The van der Waals surface area contributed by atoms with Crippen LogP contribution in [-0.4, -0.2) is 61.6 Å². The molecule has 1 amide bonds. The van der Waals surface area contributed by atoms with Crippen molar-refractivity contribution in [2.75, 3.05) is 50.7 Å². The number of carbonyl (C=O) groups excluding carboxylic acids is 1. The lowest BCUT2D eigenvalue weighted by Crippen LogP contribution is -2.49. The summed E-state index contributed by atoms with van der Waals surface area (Å²) in [7, 11) is 0. The lowest BCUT2D eigenvalue weighted by Gasteiger charge is -2.34. The summed E-state index contributed by atoms with van der Waals surface area (Å²) in [5, 5.41) is 2.95. The van der Waals surface area contributed by atoms with Gasteiger partial charge >= 0.3 is 0 Å². The summed E-state index contributed by atoms with van der Waals surface area (Å²) < 4.78 is 0. The van der Waals surface area contributed by atoms with Crippen molar-refractivity contribution in [3.05, 3.63) is 24.4 Å². The minimum Gasteiger partial charge on any atom is -0.355 e. The largest absolute Gasteiger partial charge is 0.355 e. The molecule has 0 atom stereocenters. The van der Waals surface area contributed by atoms with Crippen LogP contribution in [-0.2, 0) is 4.79 Å². The van der Waals surface area contributed by atoms with Crippen LogP contribution in [0.15, 0.2) is 24.4 Å². The maximum Gasteiger partial charge on any atom is 0.234 e. The van der Waals surface area contributed by atoms with Crippen LogP contribution in [0.1, 0.15) is 12.8 Å². The predicted octanol–water partition coefficient (Wildman–Crippen LogP) is 0.902. The van der Waals surface area contributed by atoms with Gasteiger partial charge in [0.15, 0.2) is 0 Å². The van der Waals surface area contributed by atoms with Gasteiger partial charge in [0, 0.05) is 38.9 Å². The number of aromatic nitrogens is 1. The van der Waals surface area contributed by atoms with E-state index in [9.17, 15) is 4.79 Å². The van der Waals surface area contributed by atoms with E-state index in [1.165, 1.54) is 0 Å². The van der Waals surface area contributed by atoms with Gasteiger partial charge in [-0.05, 0) is 31.5 Å². The van der Waals surface area contributed by atoms with Crippen LogP contribution in [0, 0.1) is 0 Å². The fraction of sp³-hybridized carbons (Fsp3) is 0.600. The minimum atomic E-state index is 0. The van der Waals surface area contributed by atoms with Crippen molar-refractivity contribution in [3.8, 4) is 0 Å². The Hall–Kier alpha value is -1.08. The average molecular weight is 364 g/mol. The SMILES string of the molecule is Cl.Cl.NCCCCNC(=O)CN1CCN(c2ccccn2)CC1. The van der Waals surface area contributed by atoms with E-state index >= 15 is 0 Å². The second kappa shape index (κ2) is 12.4. The van der Waals surface area contributed by atoms with Gasteiger partial charge in [-0.2, -0.15) is 0 Å². The third-order valence-corrected chi connectivity index (χ3v) is 3.67. The van der Waals surface area contributed by atoms with Crippen molar-refractivity contribution in [2.45, 2.75) is 12.8 Å². The van der Waals surface area contributed by atoms with Gasteiger partial charge in [0.25, 0.3) is 0 Å². The van der Waals surface area contributed by atoms with Crippen molar-refractivity contribution in [3.63, 3.8) is 0 Å². The topological polar surface area (TPSA) is 74.5 Å². The van der Waals surface area contributed by atoms with Gasteiger partial charge < -0.3 is 16.0 Å². The van der Waals surface area contributed by atoms with E-state index in [1.54, 1.807) is 0 Å². The summed E-state index contributed by atoms with van der Waals surface area (Å²) in [6, 6.07) is 5.96. The maximum absolute atomic E-state index is 11.8. The van der Waals surface area contributed by atoms with Crippen molar-refractivity contribution in [1.82, 2.24) is 15.2 Å². The highest BCUT2D eigenvalue weighted by Crippen LogP contribution is 2.12. The number of anilines is 1. The first-order chi connectivity index (χ1) is 10.3. The lowest BCUT2D eigenvalue weighted by atomic mass is 10.3. The molecule has 0 aliphatic carbocycles. The Labute approximate surface area is 150 Å². The molecule has 2 rings (SSSR count). The van der Waals surface area contributed by atoms with Gasteiger partial charge in [-0.3, -0.25) is 9.69 Å². The highest BCUT2D eigenvalue weighted by atomic mass is 35.5. The summed E-state index contributed by atoms with van der Waals surface area (Å²) in [6.07, 6.45) is 3.73. The molecule has 2 heterocycles. The number of halogens is 2. The molecule has 0 bridgehead atoms. The summed E-state index contributed by atoms with van der Waals surface area (Å²) in [4.78, 5) is 20.6. The smallest absolute Gasteiger partial charge is 0.234 e. The Balaban J connectivity index is 0.00000242. The number of hydrogen-bond donors (Lipinski definition) is 2. The zero-order chi connectivity index (χ0) is 14.9. The molecule has 1 aromatic rings. The monoisotopic (exact) mass is 363 g/mol. The highest BCUT2D eigenvalue weighted by Gasteiger charge is 2.19. The summed E-state index contributed by atoms with van der Waals surface area (Å²) in [5.74, 6) is 1.13. The van der Waals surface area contributed by atoms with Crippen molar-refractivity contribution in [2.24, 2.45) is 5.73 Å². The van der Waals surface area contributed by atoms with Crippen LogP contribution in [0.5, 0.6) is 0 Å². The number of nitrogens with two attached hydrogens (primary N) is 1. The second-order valence-corrected chi connectivity index (χ2v) is 5.30. The number of nitrogens with zero attached hydrogens (tertiary/aromatic N) is 3. The van der Waals surface area contributed by atoms with Crippen LogP contribution in [0.25, 0.3) is 0 Å². The summed E-state index contributed by atoms with van der Waals surface area (Å²) in [5.41, 5.74) is 5.43. The third-order valence-electron chi connectivity index (χ3n) is 3.67. The van der Waals surface area contributed by atoms with Crippen molar-refractivity contribution < 1.29 is 4.79 Å². The molecule has 0 radical (unpaired) electrons.